The number of benzene rings is 1. The summed E-state index contributed by atoms with van der Waals surface area (Å²) < 4.78 is 0. The van der Waals surface area contributed by atoms with Gasteiger partial charge in [0.15, 0.2) is 0 Å². The third-order valence-corrected chi connectivity index (χ3v) is 4.92. The van der Waals surface area contributed by atoms with Crippen LogP contribution >= 0.6 is 0 Å². The largest absolute Gasteiger partial charge is 0.381 e. The van der Waals surface area contributed by atoms with Gasteiger partial charge in [-0.3, -0.25) is 0 Å². The molecule has 0 amide bonds. The van der Waals surface area contributed by atoms with E-state index in [2.05, 4.69) is 35.8 Å². The predicted octanol–water partition coefficient (Wildman–Crippen LogP) is 4.96. The van der Waals surface area contributed by atoms with Gasteiger partial charge >= 0.3 is 0 Å². The highest BCUT2D eigenvalue weighted by atomic mass is 15.0. The van der Waals surface area contributed by atoms with Crippen LogP contribution in [0, 0.1) is 0 Å². The molecule has 2 saturated carbocycles. The summed E-state index contributed by atoms with van der Waals surface area (Å²) in [5, 5.41) is 7.57. The van der Waals surface area contributed by atoms with Gasteiger partial charge in [-0.1, -0.05) is 38.7 Å². The molecule has 3 rings (SSSR count). The van der Waals surface area contributed by atoms with Gasteiger partial charge in [0.2, 0.25) is 0 Å². The monoisotopic (exact) mass is 272 g/mol. The van der Waals surface area contributed by atoms with Crippen molar-refractivity contribution >= 4 is 11.4 Å². The Morgan fingerprint density at radius 2 is 1.40 bits per heavy atom. The molecule has 0 aromatic heterocycles. The zero-order valence-electron chi connectivity index (χ0n) is 12.8. The van der Waals surface area contributed by atoms with Crippen molar-refractivity contribution in [2.75, 3.05) is 10.6 Å². The minimum atomic E-state index is 0.686. The fraction of sp³-hybridized carbons (Fsp3) is 0.667. The second kappa shape index (κ2) is 6.51. The van der Waals surface area contributed by atoms with Crippen LogP contribution in [0.2, 0.25) is 0 Å². The van der Waals surface area contributed by atoms with Crippen molar-refractivity contribution in [3.05, 3.63) is 23.8 Å². The maximum absolute atomic E-state index is 3.80. The minimum Gasteiger partial charge on any atom is -0.381 e. The van der Waals surface area contributed by atoms with E-state index < -0.39 is 0 Å². The molecule has 2 N–H and O–H groups in total. The molecule has 0 unspecified atom stereocenters. The molecule has 0 saturated heterocycles. The second-order valence-corrected chi connectivity index (χ2v) is 6.48. The summed E-state index contributed by atoms with van der Waals surface area (Å²) in [4.78, 5) is 0. The Kier molecular flexibility index (Phi) is 4.49. The lowest BCUT2D eigenvalue weighted by atomic mass is 10.1. The highest BCUT2D eigenvalue weighted by molar-refractivity contribution is 5.70. The molecule has 0 spiro atoms. The van der Waals surface area contributed by atoms with Crippen LogP contribution in [-0.2, 0) is 6.42 Å². The molecule has 2 fully saturated rings. The lowest BCUT2D eigenvalue weighted by Crippen LogP contribution is -2.19. The van der Waals surface area contributed by atoms with Crippen molar-refractivity contribution in [3.63, 3.8) is 0 Å². The summed E-state index contributed by atoms with van der Waals surface area (Å²) in [5.74, 6) is 0. The van der Waals surface area contributed by atoms with E-state index in [4.69, 9.17) is 0 Å². The van der Waals surface area contributed by atoms with Gasteiger partial charge in [-0.2, -0.15) is 0 Å². The molecule has 0 aliphatic heterocycles. The average Bonchev–Trinajstić information content (AvgIpc) is 3.14. The topological polar surface area (TPSA) is 24.1 Å². The first-order valence-corrected chi connectivity index (χ1v) is 8.51. The number of hydrogen-bond acceptors (Lipinski definition) is 2. The van der Waals surface area contributed by atoms with E-state index in [1.807, 2.05) is 0 Å². The minimum absolute atomic E-state index is 0.686. The molecule has 2 heteroatoms. The zero-order chi connectivity index (χ0) is 13.8. The van der Waals surface area contributed by atoms with Crippen LogP contribution < -0.4 is 10.6 Å². The van der Waals surface area contributed by atoms with Crippen LogP contribution in [-0.4, -0.2) is 12.1 Å². The first kappa shape index (κ1) is 13.8. The van der Waals surface area contributed by atoms with Gasteiger partial charge in [0.25, 0.3) is 0 Å². The summed E-state index contributed by atoms with van der Waals surface area (Å²) in [6, 6.07) is 8.29. The number of hydrogen-bond donors (Lipinski definition) is 2. The number of anilines is 2. The Bertz CT molecular complexity index is 429. The van der Waals surface area contributed by atoms with E-state index in [9.17, 15) is 0 Å². The predicted molar refractivity (Wildman–Crippen MR) is 87.6 cm³/mol. The number of nitrogens with one attached hydrogen (secondary N) is 2. The van der Waals surface area contributed by atoms with Crippen molar-refractivity contribution in [2.24, 2.45) is 0 Å². The molecule has 20 heavy (non-hydrogen) atoms. The van der Waals surface area contributed by atoms with Gasteiger partial charge in [-0.15, -0.1) is 0 Å². The van der Waals surface area contributed by atoms with Crippen LogP contribution in [0.1, 0.15) is 63.9 Å². The normalized spacial score (nSPS) is 20.4. The molecule has 2 aliphatic carbocycles. The van der Waals surface area contributed by atoms with Gasteiger partial charge in [0, 0.05) is 12.1 Å². The lowest BCUT2D eigenvalue weighted by Gasteiger charge is -2.21. The lowest BCUT2D eigenvalue weighted by molar-refractivity contribution is 0.745. The zero-order valence-corrected chi connectivity index (χ0v) is 12.8. The Morgan fingerprint density at radius 1 is 0.850 bits per heavy atom. The average molecular weight is 272 g/mol. The molecule has 0 atom stereocenters. The highest BCUT2D eigenvalue weighted by Crippen LogP contribution is 2.31. The van der Waals surface area contributed by atoms with Crippen LogP contribution in [0.3, 0.4) is 0 Å². The third kappa shape index (κ3) is 3.28. The van der Waals surface area contributed by atoms with E-state index >= 15 is 0 Å². The Labute approximate surface area is 123 Å². The first-order chi connectivity index (χ1) is 9.85. The summed E-state index contributed by atoms with van der Waals surface area (Å²) in [7, 11) is 0. The van der Waals surface area contributed by atoms with Gasteiger partial charge in [0.1, 0.15) is 0 Å². The highest BCUT2D eigenvalue weighted by Gasteiger charge is 2.19. The molecule has 1 aromatic rings. The molecule has 0 bridgehead atoms. The van der Waals surface area contributed by atoms with Gasteiger partial charge < -0.3 is 10.6 Å². The third-order valence-electron chi connectivity index (χ3n) is 4.92. The maximum atomic E-state index is 3.80. The van der Waals surface area contributed by atoms with E-state index in [-0.39, 0.29) is 0 Å². The molecule has 2 aliphatic rings. The van der Waals surface area contributed by atoms with E-state index in [1.165, 1.54) is 68.3 Å². The van der Waals surface area contributed by atoms with E-state index in [1.54, 1.807) is 0 Å². The van der Waals surface area contributed by atoms with Gasteiger partial charge in [0.05, 0.1) is 11.4 Å². The van der Waals surface area contributed by atoms with Gasteiger partial charge in [-0.05, 0) is 49.8 Å². The van der Waals surface area contributed by atoms with Crippen molar-refractivity contribution in [1.82, 2.24) is 0 Å². The van der Waals surface area contributed by atoms with Crippen molar-refractivity contribution in [2.45, 2.75) is 76.8 Å². The Balaban J connectivity index is 1.75. The van der Waals surface area contributed by atoms with E-state index in [0.717, 1.165) is 6.42 Å². The fourth-order valence-corrected chi connectivity index (χ4v) is 3.64. The molecule has 0 radical (unpaired) electrons. The Hall–Kier alpha value is -1.18. The van der Waals surface area contributed by atoms with Gasteiger partial charge in [-0.25, -0.2) is 0 Å². The molecule has 110 valence electrons. The number of rotatable bonds is 5. The summed E-state index contributed by atoms with van der Waals surface area (Å²) in [6.45, 7) is 2.23. The quantitative estimate of drug-likeness (QED) is 0.791. The maximum Gasteiger partial charge on any atom is 0.0580 e. The van der Waals surface area contributed by atoms with Crippen molar-refractivity contribution in [3.8, 4) is 0 Å². The standard InChI is InChI=1S/C18H28N2/c1-2-14-11-12-17(19-15-7-3-4-8-15)18(13-14)20-16-9-5-6-10-16/h11-13,15-16,19-20H,2-10H2,1H3. The smallest absolute Gasteiger partial charge is 0.0580 e. The summed E-state index contributed by atoms with van der Waals surface area (Å²) >= 11 is 0. The van der Waals surface area contributed by atoms with E-state index in [0.29, 0.717) is 12.1 Å². The SMILES string of the molecule is CCc1ccc(NC2CCCC2)c(NC2CCCC2)c1. The van der Waals surface area contributed by atoms with Crippen molar-refractivity contribution in [1.29, 1.82) is 0 Å². The van der Waals surface area contributed by atoms with Crippen LogP contribution in [0.25, 0.3) is 0 Å². The van der Waals surface area contributed by atoms with Crippen LogP contribution in [0.4, 0.5) is 11.4 Å². The van der Waals surface area contributed by atoms with Crippen LogP contribution in [0.5, 0.6) is 0 Å². The van der Waals surface area contributed by atoms with Crippen molar-refractivity contribution < 1.29 is 0 Å². The summed E-state index contributed by atoms with van der Waals surface area (Å²) in [6.07, 6.45) is 12.0. The molecule has 2 nitrogen and oxygen atoms in total. The number of aryl methyl sites for hydroxylation is 1. The molecular weight excluding hydrogens is 244 g/mol. The van der Waals surface area contributed by atoms with Crippen LogP contribution in [0.15, 0.2) is 18.2 Å². The summed E-state index contributed by atoms with van der Waals surface area (Å²) in [5.41, 5.74) is 4.09. The first-order valence-electron chi connectivity index (χ1n) is 8.51. The second-order valence-electron chi connectivity index (χ2n) is 6.48. The Morgan fingerprint density at radius 3 is 1.95 bits per heavy atom. The fourth-order valence-electron chi connectivity index (χ4n) is 3.64. The molecule has 0 heterocycles. The molecule has 1 aromatic carbocycles. The molecular formula is C18H28N2.